The number of hydrogen-bond donors (Lipinski definition) is 2. The van der Waals surface area contributed by atoms with Crippen molar-refractivity contribution in [3.05, 3.63) is 34.9 Å². The summed E-state index contributed by atoms with van der Waals surface area (Å²) in [7, 11) is 1.62. The molecule has 148 valence electrons. The highest BCUT2D eigenvalue weighted by Gasteiger charge is 2.63. The number of halogens is 2. The number of rotatable bonds is 7. The molecule has 7 heteroatoms. The minimum absolute atomic E-state index is 0. The van der Waals surface area contributed by atoms with Gasteiger partial charge in [0.05, 0.1) is 12.1 Å². The molecular weight excluding hydrogens is 375 g/mol. The highest BCUT2D eigenvalue weighted by atomic mass is 35.5. The maximum Gasteiger partial charge on any atom is 0.241 e. The van der Waals surface area contributed by atoms with Gasteiger partial charge in [0.25, 0.3) is 0 Å². The number of methoxy groups -OCH3 is 1. The number of nitrogens with two attached hydrogens (primary N) is 1. The normalized spacial score (nSPS) is 26.2. The van der Waals surface area contributed by atoms with Crippen LogP contribution < -0.4 is 11.1 Å². The van der Waals surface area contributed by atoms with Crippen molar-refractivity contribution in [2.45, 2.75) is 57.9 Å². The minimum atomic E-state index is -0.945. The van der Waals surface area contributed by atoms with Crippen LogP contribution in [-0.2, 0) is 14.3 Å². The zero-order valence-corrected chi connectivity index (χ0v) is 17.6. The predicted molar refractivity (Wildman–Crippen MR) is 107 cm³/mol. The SMILES string of the molecule is CCOC1CC(N)(C(=O)NC(C)C(OC)c2ccc(Cl)cc2)C1(C)C.Cl. The first-order valence-electron chi connectivity index (χ1n) is 8.67. The van der Waals surface area contributed by atoms with Gasteiger partial charge in [-0.05, 0) is 31.5 Å². The van der Waals surface area contributed by atoms with E-state index in [2.05, 4.69) is 5.32 Å². The largest absolute Gasteiger partial charge is 0.378 e. The van der Waals surface area contributed by atoms with E-state index in [1.165, 1.54) is 0 Å². The third-order valence-corrected chi connectivity index (χ3v) is 5.75. The predicted octanol–water partition coefficient (Wildman–Crippen LogP) is 3.49. The minimum Gasteiger partial charge on any atom is -0.378 e. The van der Waals surface area contributed by atoms with Crippen LogP contribution in [0.3, 0.4) is 0 Å². The van der Waals surface area contributed by atoms with Crippen LogP contribution in [0.15, 0.2) is 24.3 Å². The summed E-state index contributed by atoms with van der Waals surface area (Å²) in [6, 6.07) is 7.18. The molecule has 0 aliphatic heterocycles. The summed E-state index contributed by atoms with van der Waals surface area (Å²) >= 11 is 5.94. The molecule has 4 atom stereocenters. The van der Waals surface area contributed by atoms with Gasteiger partial charge in [0, 0.05) is 30.6 Å². The van der Waals surface area contributed by atoms with Crippen LogP contribution in [0.5, 0.6) is 0 Å². The van der Waals surface area contributed by atoms with E-state index in [9.17, 15) is 4.79 Å². The number of ether oxygens (including phenoxy) is 2. The summed E-state index contributed by atoms with van der Waals surface area (Å²) in [6.07, 6.45) is 0.235. The van der Waals surface area contributed by atoms with Gasteiger partial charge in [-0.1, -0.05) is 37.6 Å². The molecule has 0 radical (unpaired) electrons. The summed E-state index contributed by atoms with van der Waals surface area (Å²) in [5, 5.41) is 3.69. The molecule has 1 saturated carbocycles. The quantitative estimate of drug-likeness (QED) is 0.729. The van der Waals surface area contributed by atoms with E-state index in [-0.39, 0.29) is 36.6 Å². The lowest BCUT2D eigenvalue weighted by molar-refractivity contribution is -0.171. The van der Waals surface area contributed by atoms with Crippen molar-refractivity contribution >= 4 is 29.9 Å². The number of benzene rings is 1. The Balaban J connectivity index is 0.00000338. The molecule has 0 bridgehead atoms. The van der Waals surface area contributed by atoms with Crippen molar-refractivity contribution in [1.82, 2.24) is 5.32 Å². The third kappa shape index (κ3) is 4.18. The Morgan fingerprint density at radius 2 is 1.96 bits per heavy atom. The fourth-order valence-electron chi connectivity index (χ4n) is 3.51. The van der Waals surface area contributed by atoms with Crippen molar-refractivity contribution in [3.63, 3.8) is 0 Å². The Kier molecular flexibility index (Phi) is 7.93. The molecule has 1 amide bonds. The molecule has 4 unspecified atom stereocenters. The van der Waals surface area contributed by atoms with Gasteiger partial charge in [0.15, 0.2) is 0 Å². The molecule has 1 fully saturated rings. The van der Waals surface area contributed by atoms with E-state index in [0.717, 1.165) is 5.56 Å². The maximum atomic E-state index is 12.9. The van der Waals surface area contributed by atoms with E-state index in [0.29, 0.717) is 18.1 Å². The molecule has 1 aliphatic carbocycles. The van der Waals surface area contributed by atoms with Crippen LogP contribution in [0, 0.1) is 5.41 Å². The number of nitrogens with one attached hydrogen (secondary N) is 1. The monoisotopic (exact) mass is 404 g/mol. The smallest absolute Gasteiger partial charge is 0.241 e. The zero-order chi connectivity index (χ0) is 18.8. The Morgan fingerprint density at radius 1 is 1.38 bits per heavy atom. The Labute approximate surface area is 167 Å². The summed E-state index contributed by atoms with van der Waals surface area (Å²) in [6.45, 7) is 8.44. The van der Waals surface area contributed by atoms with Crippen LogP contribution in [0.2, 0.25) is 5.02 Å². The Hall–Kier alpha value is -0.850. The summed E-state index contributed by atoms with van der Waals surface area (Å²) in [5.74, 6) is -0.169. The van der Waals surface area contributed by atoms with Crippen LogP contribution in [-0.4, -0.2) is 37.3 Å². The summed E-state index contributed by atoms with van der Waals surface area (Å²) in [5.41, 5.74) is 6.03. The van der Waals surface area contributed by atoms with Crippen LogP contribution in [0.25, 0.3) is 0 Å². The Morgan fingerprint density at radius 3 is 2.42 bits per heavy atom. The zero-order valence-electron chi connectivity index (χ0n) is 16.0. The first kappa shape index (κ1) is 23.2. The van der Waals surface area contributed by atoms with Crippen molar-refractivity contribution < 1.29 is 14.3 Å². The lowest BCUT2D eigenvalue weighted by atomic mass is 9.54. The van der Waals surface area contributed by atoms with Gasteiger partial charge in [-0.25, -0.2) is 0 Å². The van der Waals surface area contributed by atoms with E-state index in [1.54, 1.807) is 7.11 Å². The van der Waals surface area contributed by atoms with Gasteiger partial charge in [0.1, 0.15) is 11.6 Å². The second-order valence-electron chi connectivity index (χ2n) is 7.31. The molecule has 1 aromatic carbocycles. The molecule has 5 nitrogen and oxygen atoms in total. The van der Waals surface area contributed by atoms with Gasteiger partial charge in [-0.2, -0.15) is 0 Å². The lowest BCUT2D eigenvalue weighted by Gasteiger charge is -2.57. The highest BCUT2D eigenvalue weighted by molar-refractivity contribution is 6.30. The molecule has 0 aromatic heterocycles. The van der Waals surface area contributed by atoms with Crippen molar-refractivity contribution in [1.29, 1.82) is 0 Å². The average molecular weight is 405 g/mol. The van der Waals surface area contributed by atoms with Gasteiger partial charge in [0.2, 0.25) is 5.91 Å². The molecule has 1 aliphatic rings. The number of carbonyl (C=O) groups excluding carboxylic acids is 1. The summed E-state index contributed by atoms with van der Waals surface area (Å²) in [4.78, 5) is 12.9. The molecule has 0 spiro atoms. The molecular formula is C19H30Cl2N2O3. The molecule has 0 saturated heterocycles. The van der Waals surface area contributed by atoms with Gasteiger partial charge in [-0.15, -0.1) is 12.4 Å². The molecule has 26 heavy (non-hydrogen) atoms. The lowest BCUT2D eigenvalue weighted by Crippen LogP contribution is -2.76. The van der Waals surface area contributed by atoms with Crippen molar-refractivity contribution in [2.24, 2.45) is 11.1 Å². The first-order valence-corrected chi connectivity index (χ1v) is 9.05. The molecule has 2 rings (SSSR count). The number of hydrogen-bond acceptors (Lipinski definition) is 4. The average Bonchev–Trinajstić information content (AvgIpc) is 2.56. The van der Waals surface area contributed by atoms with E-state index in [1.807, 2.05) is 52.0 Å². The van der Waals surface area contributed by atoms with Crippen molar-refractivity contribution in [2.75, 3.05) is 13.7 Å². The highest BCUT2D eigenvalue weighted by Crippen LogP contribution is 2.50. The second kappa shape index (κ2) is 8.89. The van der Waals surface area contributed by atoms with Crippen LogP contribution in [0.1, 0.15) is 45.8 Å². The third-order valence-electron chi connectivity index (χ3n) is 5.50. The van der Waals surface area contributed by atoms with Crippen molar-refractivity contribution in [3.8, 4) is 0 Å². The van der Waals surface area contributed by atoms with E-state index in [4.69, 9.17) is 26.8 Å². The fraction of sp³-hybridized carbons (Fsp3) is 0.632. The van der Waals surface area contributed by atoms with E-state index < -0.39 is 11.0 Å². The first-order chi connectivity index (χ1) is 11.7. The number of amides is 1. The van der Waals surface area contributed by atoms with Crippen LogP contribution >= 0.6 is 24.0 Å². The van der Waals surface area contributed by atoms with Crippen LogP contribution in [0.4, 0.5) is 0 Å². The van der Waals surface area contributed by atoms with Gasteiger partial charge >= 0.3 is 0 Å². The molecule has 0 heterocycles. The Bertz CT molecular complexity index is 609. The molecule has 3 N–H and O–H groups in total. The maximum absolute atomic E-state index is 12.9. The fourth-order valence-corrected chi connectivity index (χ4v) is 3.64. The standard InChI is InChI=1S/C19H29ClN2O3.ClH/c1-6-25-15-11-19(21,18(15,3)4)17(23)22-12(2)16(24-5)13-7-9-14(20)10-8-13;/h7-10,12,15-16H,6,11,21H2,1-5H3,(H,22,23);1H. The molecule has 1 aromatic rings. The number of carbonyl (C=O) groups is 1. The van der Waals surface area contributed by atoms with Gasteiger partial charge < -0.3 is 20.5 Å². The second-order valence-corrected chi connectivity index (χ2v) is 7.75. The summed E-state index contributed by atoms with van der Waals surface area (Å²) < 4.78 is 11.3. The van der Waals surface area contributed by atoms with Gasteiger partial charge in [-0.3, -0.25) is 4.79 Å². The van der Waals surface area contributed by atoms with E-state index >= 15 is 0 Å². The topological polar surface area (TPSA) is 73.6 Å².